The number of aromatic nitrogens is 1. The first kappa shape index (κ1) is 42.9. The summed E-state index contributed by atoms with van der Waals surface area (Å²) >= 11 is 0. The maximum atomic E-state index is 14.7. The van der Waals surface area contributed by atoms with Crippen LogP contribution in [0.25, 0.3) is 22.2 Å². The summed E-state index contributed by atoms with van der Waals surface area (Å²) in [6.07, 6.45) is 5.28. The van der Waals surface area contributed by atoms with Gasteiger partial charge in [-0.1, -0.05) is 62.8 Å². The highest BCUT2D eigenvalue weighted by Gasteiger charge is 2.61. The smallest absolute Gasteiger partial charge is 0.408 e. The van der Waals surface area contributed by atoms with Crippen LogP contribution in [0.3, 0.4) is 0 Å². The molecule has 0 bridgehead atoms. The molecule has 60 heavy (non-hydrogen) atoms. The summed E-state index contributed by atoms with van der Waals surface area (Å²) in [6.45, 7) is 10.5. The first-order valence-corrected chi connectivity index (χ1v) is 22.3. The fourth-order valence-electron chi connectivity index (χ4n) is 8.25. The van der Waals surface area contributed by atoms with Crippen molar-refractivity contribution in [2.75, 3.05) is 13.7 Å². The van der Waals surface area contributed by atoms with Gasteiger partial charge in [0.05, 0.1) is 24.9 Å². The molecule has 4 amide bonds. The van der Waals surface area contributed by atoms with Crippen LogP contribution in [0.4, 0.5) is 4.79 Å². The fraction of sp³-hybridized carbons (Fsp3) is 0.533. The minimum atomic E-state index is -4.08. The lowest BCUT2D eigenvalue weighted by molar-refractivity contribution is -0.143. The van der Waals surface area contributed by atoms with Crippen LogP contribution in [-0.2, 0) is 29.1 Å². The Kier molecular flexibility index (Phi) is 11.5. The number of carbonyl (C=O) groups is 4. The van der Waals surface area contributed by atoms with Crippen molar-refractivity contribution in [3.05, 3.63) is 66.2 Å². The summed E-state index contributed by atoms with van der Waals surface area (Å²) in [5.41, 5.74) is -0.143. The van der Waals surface area contributed by atoms with Gasteiger partial charge in [-0.2, -0.15) is 0 Å². The zero-order chi connectivity index (χ0) is 43.3. The molecule has 7 rings (SSSR count). The van der Waals surface area contributed by atoms with Crippen LogP contribution in [0, 0.1) is 5.41 Å². The SMILES string of the molecule is COc1ccc2c(O[C@@H]3C[C@@H](C(=O)NC4(C(=O)NS(=O)(=O)C5(C6=CCCCC6)CC5)CC4)N(C(=O)[C@@H](NC(=O)OC(C)(C)C)C(C)(C)C)C3)cc(-c3ccccc3)nc2c1. The van der Waals surface area contributed by atoms with Gasteiger partial charge >= 0.3 is 6.09 Å². The van der Waals surface area contributed by atoms with Crippen LogP contribution in [0.15, 0.2) is 66.2 Å². The summed E-state index contributed by atoms with van der Waals surface area (Å²) in [7, 11) is -2.51. The fourth-order valence-corrected chi connectivity index (χ4v) is 10.1. The van der Waals surface area contributed by atoms with Crippen LogP contribution in [-0.4, -0.2) is 89.8 Å². The van der Waals surface area contributed by atoms with Gasteiger partial charge in [0.15, 0.2) is 0 Å². The number of hydrogen-bond donors (Lipinski definition) is 3. The van der Waals surface area contributed by atoms with E-state index in [0.29, 0.717) is 47.4 Å². The molecule has 0 spiro atoms. The van der Waals surface area contributed by atoms with Crippen molar-refractivity contribution in [1.29, 1.82) is 0 Å². The van der Waals surface area contributed by atoms with Crippen LogP contribution in [0.2, 0.25) is 0 Å². The Hall–Kier alpha value is -5.18. The molecular weight excluding hydrogens is 787 g/mol. The Morgan fingerprint density at radius 3 is 2.25 bits per heavy atom. The van der Waals surface area contributed by atoms with Crippen molar-refractivity contribution >= 4 is 44.7 Å². The van der Waals surface area contributed by atoms with Crippen LogP contribution in [0.5, 0.6) is 11.5 Å². The van der Waals surface area contributed by atoms with Crippen molar-refractivity contribution in [2.45, 2.75) is 133 Å². The Morgan fingerprint density at radius 1 is 0.933 bits per heavy atom. The number of fused-ring (bicyclic) bond motifs is 1. The molecule has 3 aliphatic carbocycles. The van der Waals surface area contributed by atoms with Gasteiger partial charge in [-0.15, -0.1) is 0 Å². The van der Waals surface area contributed by atoms with E-state index in [1.807, 2.05) is 54.6 Å². The highest BCUT2D eigenvalue weighted by molar-refractivity contribution is 7.92. The number of hydrogen-bond acceptors (Lipinski definition) is 10. The lowest BCUT2D eigenvalue weighted by Crippen LogP contribution is -2.60. The lowest BCUT2D eigenvalue weighted by Gasteiger charge is -2.36. The minimum absolute atomic E-state index is 0.0364. The van der Waals surface area contributed by atoms with Gasteiger partial charge < -0.3 is 29.7 Å². The van der Waals surface area contributed by atoms with Gasteiger partial charge in [-0.3, -0.25) is 19.1 Å². The van der Waals surface area contributed by atoms with Crippen molar-refractivity contribution in [1.82, 2.24) is 25.2 Å². The number of carbonyl (C=O) groups excluding carboxylic acids is 4. The van der Waals surface area contributed by atoms with Crippen molar-refractivity contribution < 1.29 is 41.8 Å². The average Bonchev–Trinajstić information content (AvgIpc) is 4.13. The number of rotatable bonds is 12. The second-order valence-corrected chi connectivity index (χ2v) is 20.6. The monoisotopic (exact) mass is 843 g/mol. The summed E-state index contributed by atoms with van der Waals surface area (Å²) in [6, 6.07) is 14.6. The first-order valence-electron chi connectivity index (χ1n) is 20.8. The number of benzene rings is 2. The molecule has 4 aliphatic rings. The Balaban J connectivity index is 1.18. The van der Waals surface area contributed by atoms with Crippen LogP contribution < -0.4 is 24.8 Å². The topological polar surface area (TPSA) is 182 Å². The quantitative estimate of drug-likeness (QED) is 0.175. The van der Waals surface area contributed by atoms with E-state index in [2.05, 4.69) is 15.4 Å². The highest BCUT2D eigenvalue weighted by atomic mass is 32.2. The highest BCUT2D eigenvalue weighted by Crippen LogP contribution is 2.52. The molecule has 1 aromatic heterocycles. The molecule has 1 aliphatic heterocycles. The lowest BCUT2D eigenvalue weighted by atomic mass is 9.85. The molecule has 1 saturated heterocycles. The molecule has 0 unspecified atom stereocenters. The zero-order valence-electron chi connectivity index (χ0n) is 35.6. The molecule has 322 valence electrons. The van der Waals surface area contributed by atoms with E-state index in [9.17, 15) is 27.6 Å². The maximum absolute atomic E-state index is 14.7. The third-order valence-electron chi connectivity index (χ3n) is 11.8. The van der Waals surface area contributed by atoms with Gasteiger partial charge in [0.2, 0.25) is 21.8 Å². The van der Waals surface area contributed by atoms with Crippen LogP contribution >= 0.6 is 0 Å². The molecule has 3 fully saturated rings. The second kappa shape index (κ2) is 16.0. The summed E-state index contributed by atoms with van der Waals surface area (Å²) < 4.78 is 46.6. The molecular formula is C45H57N5O9S. The Morgan fingerprint density at radius 2 is 1.65 bits per heavy atom. The van der Waals surface area contributed by atoms with Gasteiger partial charge in [0, 0.05) is 29.5 Å². The molecule has 3 N–H and O–H groups in total. The number of nitrogens with one attached hydrogen (secondary N) is 3. The molecule has 2 saturated carbocycles. The Labute approximate surface area is 352 Å². The number of alkyl carbamates (subject to hydrolysis) is 1. The normalized spacial score (nSPS) is 21.2. The number of allylic oxidation sites excluding steroid dienone is 1. The average molecular weight is 844 g/mol. The van der Waals surface area contributed by atoms with Crippen molar-refractivity contribution in [3.8, 4) is 22.8 Å². The molecule has 14 nitrogen and oxygen atoms in total. The summed E-state index contributed by atoms with van der Waals surface area (Å²) in [4.78, 5) is 62.5. The zero-order valence-corrected chi connectivity index (χ0v) is 36.4. The minimum Gasteiger partial charge on any atom is -0.497 e. The van der Waals surface area contributed by atoms with Crippen molar-refractivity contribution in [2.24, 2.45) is 5.41 Å². The number of nitrogens with zero attached hydrogens (tertiary/aromatic N) is 2. The van der Waals surface area contributed by atoms with Gasteiger partial charge in [-0.05, 0) is 89.7 Å². The number of ether oxygens (including phenoxy) is 3. The largest absolute Gasteiger partial charge is 0.497 e. The number of pyridine rings is 1. The number of likely N-dealkylation sites (tertiary alicyclic amines) is 1. The van der Waals surface area contributed by atoms with E-state index < -0.39 is 73.3 Å². The molecule has 2 aromatic carbocycles. The van der Waals surface area contributed by atoms with E-state index in [4.69, 9.17) is 19.2 Å². The molecule has 2 heterocycles. The summed E-state index contributed by atoms with van der Waals surface area (Å²) in [5, 5.41) is 6.29. The first-order chi connectivity index (χ1) is 28.2. The predicted octanol–water partition coefficient (Wildman–Crippen LogP) is 6.33. The predicted molar refractivity (Wildman–Crippen MR) is 227 cm³/mol. The van der Waals surface area contributed by atoms with Gasteiger partial charge in [0.1, 0.15) is 45.6 Å². The number of methoxy groups -OCH3 is 1. The third kappa shape index (κ3) is 8.96. The third-order valence-corrected chi connectivity index (χ3v) is 14.0. The van der Waals surface area contributed by atoms with Crippen molar-refractivity contribution in [3.63, 3.8) is 0 Å². The summed E-state index contributed by atoms with van der Waals surface area (Å²) in [5.74, 6) is -0.870. The molecule has 3 atom stereocenters. The second-order valence-electron chi connectivity index (χ2n) is 18.7. The molecule has 15 heteroatoms. The molecule has 0 radical (unpaired) electrons. The number of amides is 4. The van der Waals surface area contributed by atoms with Crippen LogP contribution in [0.1, 0.15) is 99.3 Å². The van der Waals surface area contributed by atoms with E-state index in [0.717, 1.165) is 30.4 Å². The van der Waals surface area contributed by atoms with Gasteiger partial charge in [-0.25, -0.2) is 18.2 Å². The maximum Gasteiger partial charge on any atom is 0.408 e. The van der Waals surface area contributed by atoms with E-state index in [1.54, 1.807) is 54.7 Å². The Bertz CT molecular complexity index is 2310. The molecule has 3 aromatic rings. The number of sulfonamides is 1. The van der Waals surface area contributed by atoms with E-state index >= 15 is 0 Å². The van der Waals surface area contributed by atoms with E-state index in [-0.39, 0.29) is 25.8 Å². The van der Waals surface area contributed by atoms with E-state index in [1.165, 1.54) is 4.90 Å². The van der Waals surface area contributed by atoms with Gasteiger partial charge in [0.25, 0.3) is 5.91 Å². The standard InChI is InChI=1S/C45H57N5O9S/c1-42(2,3)37(47-41(54)59-43(4,5)6)39(52)50-27-31(58-36-26-33(28-14-10-8-11-15-28)46-34-24-30(57-7)18-19-32(34)36)25-35(50)38(51)48-44(20-21-44)40(53)49-60(55,56)45(22-23-45)29-16-12-9-13-17-29/h8,10-11,14-16,18-19,24,26,31,35,37H,9,12-13,17,20-23,25,27H2,1-7H3,(H,47,54)(H,48,51)(H,49,53)/t31-,35+,37-/m1/s1.